The van der Waals surface area contributed by atoms with Gasteiger partial charge in [-0.2, -0.15) is 0 Å². The van der Waals surface area contributed by atoms with Crippen LogP contribution in [0.2, 0.25) is 0 Å². The quantitative estimate of drug-likeness (QED) is 0.516. The standard InChI is InChI=1S/C9H6OSe/c10-6-7-1-2-9-8(5-7)3-4-11-9/h1-6H. The van der Waals surface area contributed by atoms with E-state index in [2.05, 4.69) is 11.0 Å². The van der Waals surface area contributed by atoms with Gasteiger partial charge in [0.25, 0.3) is 0 Å². The molecule has 1 heterocycles. The van der Waals surface area contributed by atoms with Crippen LogP contribution in [0.25, 0.3) is 9.65 Å². The Morgan fingerprint density at radius 3 is 3.00 bits per heavy atom. The van der Waals surface area contributed by atoms with E-state index in [1.807, 2.05) is 18.2 Å². The zero-order valence-corrected chi connectivity index (χ0v) is 7.49. The summed E-state index contributed by atoms with van der Waals surface area (Å²) < 4.78 is 1.38. The van der Waals surface area contributed by atoms with Crippen molar-refractivity contribution in [1.29, 1.82) is 0 Å². The summed E-state index contributed by atoms with van der Waals surface area (Å²) in [5, 5.41) is 1.22. The molecule has 0 aliphatic carbocycles. The number of hydrogen-bond donors (Lipinski definition) is 0. The first-order chi connectivity index (χ1) is 5.40. The van der Waals surface area contributed by atoms with Crippen molar-refractivity contribution < 1.29 is 4.79 Å². The minimum atomic E-state index is 0.497. The SMILES string of the molecule is O=Cc1ccc2[se]ccc2c1. The number of rotatable bonds is 1. The van der Waals surface area contributed by atoms with Crippen molar-refractivity contribution in [3.63, 3.8) is 0 Å². The van der Waals surface area contributed by atoms with Crippen LogP contribution in [0.3, 0.4) is 0 Å². The van der Waals surface area contributed by atoms with E-state index in [4.69, 9.17) is 0 Å². The summed E-state index contributed by atoms with van der Waals surface area (Å²) in [6, 6.07) is 7.94. The van der Waals surface area contributed by atoms with Crippen LogP contribution in [0.5, 0.6) is 0 Å². The summed E-state index contributed by atoms with van der Waals surface area (Å²) in [4.78, 5) is 12.6. The van der Waals surface area contributed by atoms with Gasteiger partial charge in [-0.25, -0.2) is 0 Å². The van der Waals surface area contributed by atoms with Crippen molar-refractivity contribution in [2.24, 2.45) is 0 Å². The molecule has 0 aliphatic rings. The Hall–Kier alpha value is -0.851. The topological polar surface area (TPSA) is 17.1 Å². The summed E-state index contributed by atoms with van der Waals surface area (Å²) >= 11 is 0.497. The average molecular weight is 209 g/mol. The number of aldehydes is 1. The van der Waals surface area contributed by atoms with Crippen molar-refractivity contribution >= 4 is 30.4 Å². The predicted molar refractivity (Wildman–Crippen MR) is 46.3 cm³/mol. The first kappa shape index (κ1) is 6.83. The average Bonchev–Trinajstić information content (AvgIpc) is 2.50. The predicted octanol–water partition coefficient (Wildman–Crippen LogP) is 1.71. The first-order valence-electron chi connectivity index (χ1n) is 3.32. The van der Waals surface area contributed by atoms with Crippen molar-refractivity contribution in [1.82, 2.24) is 0 Å². The van der Waals surface area contributed by atoms with Crippen LogP contribution in [0.4, 0.5) is 0 Å². The second-order valence-electron chi connectivity index (χ2n) is 2.34. The van der Waals surface area contributed by atoms with Crippen LogP contribution in [0.15, 0.2) is 29.2 Å². The Bertz CT molecular complexity index is 389. The molecule has 0 unspecified atom stereocenters. The van der Waals surface area contributed by atoms with Gasteiger partial charge in [0, 0.05) is 0 Å². The maximum absolute atomic E-state index is 10.4. The molecule has 2 rings (SSSR count). The van der Waals surface area contributed by atoms with Crippen molar-refractivity contribution in [3.05, 3.63) is 34.8 Å². The molecule has 0 radical (unpaired) electrons. The molecule has 0 aliphatic heterocycles. The van der Waals surface area contributed by atoms with Gasteiger partial charge >= 0.3 is 70.0 Å². The Balaban J connectivity index is 2.76. The third-order valence-corrected chi connectivity index (χ3v) is 3.50. The Morgan fingerprint density at radius 2 is 2.18 bits per heavy atom. The number of fused-ring (bicyclic) bond motifs is 1. The summed E-state index contributed by atoms with van der Waals surface area (Å²) in [5.41, 5.74) is 0.770. The molecule has 1 aromatic carbocycles. The summed E-state index contributed by atoms with van der Waals surface area (Å²) in [6.45, 7) is 0. The number of benzene rings is 1. The monoisotopic (exact) mass is 210 g/mol. The first-order valence-corrected chi connectivity index (χ1v) is 5.17. The van der Waals surface area contributed by atoms with Gasteiger partial charge in [0.1, 0.15) is 0 Å². The van der Waals surface area contributed by atoms with Crippen LogP contribution in [-0.2, 0) is 0 Å². The van der Waals surface area contributed by atoms with E-state index in [1.54, 1.807) is 0 Å². The van der Waals surface area contributed by atoms with Crippen LogP contribution in [-0.4, -0.2) is 20.8 Å². The van der Waals surface area contributed by atoms with E-state index in [9.17, 15) is 4.79 Å². The molecule has 0 spiro atoms. The van der Waals surface area contributed by atoms with Gasteiger partial charge in [-0.15, -0.1) is 0 Å². The summed E-state index contributed by atoms with van der Waals surface area (Å²) in [6.07, 6.45) is 0.888. The molecule has 0 bridgehead atoms. The van der Waals surface area contributed by atoms with Gasteiger partial charge < -0.3 is 0 Å². The fourth-order valence-corrected chi connectivity index (χ4v) is 2.68. The fraction of sp³-hybridized carbons (Fsp3) is 0. The van der Waals surface area contributed by atoms with Gasteiger partial charge in [-0.1, -0.05) is 0 Å². The van der Waals surface area contributed by atoms with Crippen molar-refractivity contribution in [2.45, 2.75) is 0 Å². The van der Waals surface area contributed by atoms with Crippen LogP contribution in [0, 0.1) is 0 Å². The van der Waals surface area contributed by atoms with E-state index in [0.29, 0.717) is 14.5 Å². The normalized spacial score (nSPS) is 10.2. The minimum absolute atomic E-state index is 0.497. The zero-order valence-electron chi connectivity index (χ0n) is 5.78. The molecule has 2 heteroatoms. The molecule has 0 saturated carbocycles. The van der Waals surface area contributed by atoms with Crippen molar-refractivity contribution in [2.75, 3.05) is 0 Å². The fourth-order valence-electron chi connectivity index (χ4n) is 1.06. The number of carbonyl (C=O) groups excluding carboxylic acids is 1. The second-order valence-corrected chi connectivity index (χ2v) is 4.32. The van der Waals surface area contributed by atoms with Gasteiger partial charge in [-0.05, 0) is 0 Å². The Morgan fingerprint density at radius 1 is 1.27 bits per heavy atom. The van der Waals surface area contributed by atoms with Gasteiger partial charge in [0.2, 0.25) is 0 Å². The van der Waals surface area contributed by atoms with Crippen molar-refractivity contribution in [3.8, 4) is 0 Å². The van der Waals surface area contributed by atoms with E-state index >= 15 is 0 Å². The third-order valence-electron chi connectivity index (χ3n) is 1.61. The molecular weight excluding hydrogens is 203 g/mol. The molecule has 1 nitrogen and oxygen atoms in total. The van der Waals surface area contributed by atoms with Crippen LogP contribution < -0.4 is 0 Å². The molecular formula is C9H6OSe. The van der Waals surface area contributed by atoms with Gasteiger partial charge in [0.15, 0.2) is 0 Å². The Labute approximate surface area is 70.4 Å². The Kier molecular flexibility index (Phi) is 1.65. The molecule has 2 aromatic rings. The van der Waals surface area contributed by atoms with Gasteiger partial charge in [-0.3, -0.25) is 0 Å². The van der Waals surface area contributed by atoms with E-state index < -0.39 is 0 Å². The second kappa shape index (κ2) is 2.65. The number of hydrogen-bond acceptors (Lipinski definition) is 1. The van der Waals surface area contributed by atoms with E-state index in [0.717, 1.165) is 11.8 Å². The molecule has 54 valence electrons. The van der Waals surface area contributed by atoms with Gasteiger partial charge in [0.05, 0.1) is 0 Å². The molecule has 11 heavy (non-hydrogen) atoms. The van der Waals surface area contributed by atoms with Crippen LogP contribution >= 0.6 is 0 Å². The molecule has 0 N–H and O–H groups in total. The molecule has 0 saturated heterocycles. The summed E-state index contributed by atoms with van der Waals surface area (Å²) in [7, 11) is 0. The van der Waals surface area contributed by atoms with Crippen LogP contribution in [0.1, 0.15) is 10.4 Å². The molecule has 0 atom stereocenters. The third kappa shape index (κ3) is 1.15. The van der Waals surface area contributed by atoms with E-state index in [-0.39, 0.29) is 0 Å². The molecule has 0 fully saturated rings. The summed E-state index contributed by atoms with van der Waals surface area (Å²) in [5.74, 6) is 0. The zero-order chi connectivity index (χ0) is 7.68. The number of carbonyl (C=O) groups is 1. The molecule has 0 amide bonds. The van der Waals surface area contributed by atoms with E-state index in [1.165, 1.54) is 9.65 Å². The molecule has 1 aromatic heterocycles. The maximum atomic E-state index is 10.4.